The zero-order valence-electron chi connectivity index (χ0n) is 16.3. The van der Waals surface area contributed by atoms with Crippen LogP contribution in [0.25, 0.3) is 0 Å². The highest BCUT2D eigenvalue weighted by molar-refractivity contribution is 8.02. The molecule has 2 saturated heterocycles. The van der Waals surface area contributed by atoms with Gasteiger partial charge in [-0.25, -0.2) is 9.18 Å². The normalized spacial score (nSPS) is 25.6. The topological polar surface area (TPSA) is 59.8 Å². The molecule has 3 heterocycles. The van der Waals surface area contributed by atoms with Crippen molar-refractivity contribution < 1.29 is 13.9 Å². The first-order valence-corrected chi connectivity index (χ1v) is 10.7. The Bertz CT molecular complexity index is 897. The molecule has 0 aromatic heterocycles. The van der Waals surface area contributed by atoms with Gasteiger partial charge in [0.05, 0.1) is 36.4 Å². The van der Waals surface area contributed by atoms with Crippen molar-refractivity contribution in [2.24, 2.45) is 5.92 Å². The SMILES string of the molecule is CC1CN(c2ccc(N3C[C@@H](CN4C=CSC4)OC3=O)cc2F)CC/C1=C\C#N. The summed E-state index contributed by atoms with van der Waals surface area (Å²) in [5, 5.41) is 10.9. The Hall–Kier alpha value is -2.66. The number of hydrogen-bond donors (Lipinski definition) is 0. The molecule has 0 spiro atoms. The van der Waals surface area contributed by atoms with Gasteiger partial charge in [-0.15, -0.1) is 11.8 Å². The van der Waals surface area contributed by atoms with Crippen LogP contribution in [0.15, 0.2) is 41.5 Å². The number of carbonyl (C=O) groups excluding carboxylic acids is 1. The molecule has 3 aliphatic rings. The van der Waals surface area contributed by atoms with Crippen LogP contribution in [0.3, 0.4) is 0 Å². The number of allylic oxidation sites excluding steroid dienone is 1. The van der Waals surface area contributed by atoms with Crippen LogP contribution in [0.1, 0.15) is 13.3 Å². The van der Waals surface area contributed by atoms with E-state index in [9.17, 15) is 9.18 Å². The quantitative estimate of drug-likeness (QED) is 0.696. The number of thioether (sulfide) groups is 1. The number of hydrogen-bond acceptors (Lipinski definition) is 6. The largest absolute Gasteiger partial charge is 0.442 e. The number of anilines is 2. The number of nitrogens with zero attached hydrogens (tertiary/aromatic N) is 4. The van der Waals surface area contributed by atoms with Crippen molar-refractivity contribution in [2.45, 2.75) is 19.4 Å². The van der Waals surface area contributed by atoms with E-state index in [0.29, 0.717) is 37.6 Å². The second kappa shape index (κ2) is 8.37. The number of amides is 1. The Kier molecular flexibility index (Phi) is 5.67. The molecule has 1 unspecified atom stereocenters. The first-order valence-electron chi connectivity index (χ1n) is 9.68. The minimum Gasteiger partial charge on any atom is -0.442 e. The highest BCUT2D eigenvalue weighted by Gasteiger charge is 2.34. The average molecular weight is 415 g/mol. The third-order valence-corrected chi connectivity index (χ3v) is 6.35. The van der Waals surface area contributed by atoms with Crippen LogP contribution in [0, 0.1) is 23.1 Å². The standard InChI is InChI=1S/C21H23FN4O2S/c1-15-11-25(7-5-16(15)4-6-23)20-3-2-17(10-19(20)22)26-13-18(28-21(26)27)12-24-8-9-29-14-24/h2-4,8-10,15,18H,5,7,11-14H2,1H3/b16-4+/t15?,18-/m1/s1. The predicted octanol–water partition coefficient (Wildman–Crippen LogP) is 3.92. The Labute approximate surface area is 174 Å². The van der Waals surface area contributed by atoms with E-state index in [0.717, 1.165) is 17.9 Å². The number of rotatable bonds is 4. The number of ether oxygens (including phenoxy) is 1. The van der Waals surface area contributed by atoms with Crippen LogP contribution >= 0.6 is 11.8 Å². The van der Waals surface area contributed by atoms with E-state index in [2.05, 4.69) is 17.9 Å². The Morgan fingerprint density at radius 2 is 2.28 bits per heavy atom. The maximum Gasteiger partial charge on any atom is 0.414 e. The summed E-state index contributed by atoms with van der Waals surface area (Å²) < 4.78 is 20.4. The van der Waals surface area contributed by atoms with Crippen molar-refractivity contribution in [3.63, 3.8) is 0 Å². The van der Waals surface area contributed by atoms with Crippen molar-refractivity contribution >= 4 is 29.2 Å². The van der Waals surface area contributed by atoms with Gasteiger partial charge in [0.1, 0.15) is 11.9 Å². The second-order valence-corrected chi connectivity index (χ2v) is 8.41. The lowest BCUT2D eigenvalue weighted by Gasteiger charge is -2.34. The molecule has 8 heteroatoms. The smallest absolute Gasteiger partial charge is 0.414 e. The minimum absolute atomic E-state index is 0.203. The molecule has 1 aromatic carbocycles. The summed E-state index contributed by atoms with van der Waals surface area (Å²) in [6, 6.07) is 7.01. The predicted molar refractivity (Wildman–Crippen MR) is 112 cm³/mol. The molecule has 6 nitrogen and oxygen atoms in total. The fourth-order valence-corrected chi connectivity index (χ4v) is 4.73. The van der Waals surface area contributed by atoms with Gasteiger partial charge in [-0.3, -0.25) is 4.90 Å². The summed E-state index contributed by atoms with van der Waals surface area (Å²) in [7, 11) is 0. The first-order chi connectivity index (χ1) is 14.0. The van der Waals surface area contributed by atoms with Crippen LogP contribution in [0.2, 0.25) is 0 Å². The Morgan fingerprint density at radius 3 is 2.97 bits per heavy atom. The van der Waals surface area contributed by atoms with E-state index in [1.807, 2.05) is 16.5 Å². The third kappa shape index (κ3) is 4.20. The number of nitriles is 1. The molecular formula is C21H23FN4O2S. The van der Waals surface area contributed by atoms with Gasteiger partial charge in [-0.05, 0) is 35.9 Å². The molecule has 2 fully saturated rings. The molecule has 1 aromatic rings. The van der Waals surface area contributed by atoms with E-state index >= 15 is 0 Å². The summed E-state index contributed by atoms with van der Waals surface area (Å²) in [5.74, 6) is 0.712. The van der Waals surface area contributed by atoms with Crippen molar-refractivity contribution in [1.82, 2.24) is 4.90 Å². The molecule has 29 heavy (non-hydrogen) atoms. The molecule has 2 atom stereocenters. The molecule has 3 aliphatic heterocycles. The van der Waals surface area contributed by atoms with E-state index in [1.165, 1.54) is 11.0 Å². The summed E-state index contributed by atoms with van der Waals surface area (Å²) in [5.41, 5.74) is 2.15. The van der Waals surface area contributed by atoms with Crippen molar-refractivity contribution in [3.8, 4) is 6.07 Å². The van der Waals surface area contributed by atoms with Gasteiger partial charge < -0.3 is 14.5 Å². The van der Waals surface area contributed by atoms with Gasteiger partial charge >= 0.3 is 6.09 Å². The van der Waals surface area contributed by atoms with Crippen LogP contribution in [-0.4, -0.2) is 49.2 Å². The van der Waals surface area contributed by atoms with Gasteiger partial charge in [-0.1, -0.05) is 12.5 Å². The van der Waals surface area contributed by atoms with Crippen LogP contribution < -0.4 is 9.80 Å². The maximum atomic E-state index is 14.9. The number of halogens is 1. The van der Waals surface area contributed by atoms with E-state index in [4.69, 9.17) is 10.00 Å². The molecule has 4 rings (SSSR count). The molecule has 0 radical (unpaired) electrons. The molecule has 0 N–H and O–H groups in total. The second-order valence-electron chi connectivity index (χ2n) is 7.55. The molecule has 1 amide bonds. The number of cyclic esters (lactones) is 1. The molecular weight excluding hydrogens is 391 g/mol. The molecule has 0 saturated carbocycles. The zero-order valence-corrected chi connectivity index (χ0v) is 17.1. The average Bonchev–Trinajstić information content (AvgIpc) is 3.33. The van der Waals surface area contributed by atoms with Gasteiger partial charge in [0.15, 0.2) is 0 Å². The molecule has 0 aliphatic carbocycles. The minimum atomic E-state index is -0.434. The number of carbonyl (C=O) groups is 1. The van der Waals surface area contributed by atoms with Crippen LogP contribution in [-0.2, 0) is 4.74 Å². The lowest BCUT2D eigenvalue weighted by atomic mass is 9.92. The number of piperidine rings is 1. The van der Waals surface area contributed by atoms with Crippen LogP contribution in [0.5, 0.6) is 0 Å². The van der Waals surface area contributed by atoms with Gasteiger partial charge in [0.2, 0.25) is 0 Å². The van der Waals surface area contributed by atoms with E-state index < -0.39 is 6.09 Å². The van der Waals surface area contributed by atoms with Crippen LogP contribution in [0.4, 0.5) is 20.6 Å². The monoisotopic (exact) mass is 414 g/mol. The lowest BCUT2D eigenvalue weighted by molar-refractivity contribution is 0.126. The zero-order chi connectivity index (χ0) is 20.4. The summed E-state index contributed by atoms with van der Waals surface area (Å²) in [4.78, 5) is 17.9. The van der Waals surface area contributed by atoms with Crippen molar-refractivity contribution in [2.75, 3.05) is 41.9 Å². The summed E-state index contributed by atoms with van der Waals surface area (Å²) in [6.45, 7) is 4.44. The fourth-order valence-electron chi connectivity index (χ4n) is 4.00. The lowest BCUT2D eigenvalue weighted by Crippen LogP contribution is -2.36. The summed E-state index contributed by atoms with van der Waals surface area (Å²) >= 11 is 1.70. The van der Waals surface area contributed by atoms with Crippen molar-refractivity contribution in [1.29, 1.82) is 5.26 Å². The third-order valence-electron chi connectivity index (χ3n) is 5.55. The Morgan fingerprint density at radius 1 is 1.41 bits per heavy atom. The first kappa shape index (κ1) is 19.6. The maximum absolute atomic E-state index is 14.9. The van der Waals surface area contributed by atoms with E-state index in [-0.39, 0.29) is 17.8 Å². The molecule has 152 valence electrons. The highest BCUT2D eigenvalue weighted by atomic mass is 32.2. The highest BCUT2D eigenvalue weighted by Crippen LogP contribution is 2.32. The molecule has 0 bridgehead atoms. The Balaban J connectivity index is 1.43. The van der Waals surface area contributed by atoms with E-state index in [1.54, 1.807) is 30.0 Å². The number of benzene rings is 1. The fraction of sp³-hybridized carbons (Fsp3) is 0.429. The van der Waals surface area contributed by atoms with Gasteiger partial charge in [0, 0.05) is 25.4 Å². The summed E-state index contributed by atoms with van der Waals surface area (Å²) in [6.07, 6.45) is 3.68. The van der Waals surface area contributed by atoms with Crippen molar-refractivity contribution in [3.05, 3.63) is 47.3 Å². The van der Waals surface area contributed by atoms with Gasteiger partial charge in [-0.2, -0.15) is 5.26 Å². The van der Waals surface area contributed by atoms with Gasteiger partial charge in [0.25, 0.3) is 0 Å².